The number of benzene rings is 2. The number of carbonyl (C=O) groups is 3. The van der Waals surface area contributed by atoms with Gasteiger partial charge in [0.2, 0.25) is 5.91 Å². The van der Waals surface area contributed by atoms with Crippen molar-refractivity contribution in [2.75, 3.05) is 6.54 Å². The molecule has 2 aromatic rings. The van der Waals surface area contributed by atoms with Gasteiger partial charge in [-0.3, -0.25) is 9.59 Å². The summed E-state index contributed by atoms with van der Waals surface area (Å²) in [6.45, 7) is 0.364. The van der Waals surface area contributed by atoms with Crippen molar-refractivity contribution in [1.82, 2.24) is 10.6 Å². The van der Waals surface area contributed by atoms with Gasteiger partial charge in [0, 0.05) is 24.9 Å². The minimum atomic E-state index is -1.06. The first-order chi connectivity index (χ1) is 16.0. The molecule has 0 heterocycles. The number of hydrogen-bond acceptors (Lipinski definition) is 5. The molecule has 2 amide bonds. The Bertz CT molecular complexity index is 1030. The maximum atomic E-state index is 12.4. The molecule has 3 N–H and O–H groups in total. The summed E-state index contributed by atoms with van der Waals surface area (Å²) in [5.41, 5.74) is 2.16. The molecule has 0 aromatic heterocycles. The summed E-state index contributed by atoms with van der Waals surface area (Å²) < 4.78 is 5.12. The summed E-state index contributed by atoms with van der Waals surface area (Å²) >= 11 is 0. The second-order valence-corrected chi connectivity index (χ2v) is 7.08. The van der Waals surface area contributed by atoms with Crippen molar-refractivity contribution in [3.8, 4) is 17.9 Å². The number of ether oxygens (including phenoxy) is 1. The van der Waals surface area contributed by atoms with Crippen molar-refractivity contribution in [3.05, 3.63) is 71.3 Å². The predicted molar refractivity (Wildman–Crippen MR) is 121 cm³/mol. The standard InChI is InChI=1S/C25H25N3O5/c26-17-20-12-10-19(11-13-20)7-5-2-6-16-27-24(31)22(14-15-23(29)30)28-25(32)33-18-21-8-3-1-4-9-21/h1,3-4,8-13,22H,2,6,14-16,18H2,(H,27,31)(H,28,32)(H,29,30)/t22-/m1/s1. The molecule has 33 heavy (non-hydrogen) atoms. The summed E-state index contributed by atoms with van der Waals surface area (Å²) in [5.74, 6) is 4.43. The highest BCUT2D eigenvalue weighted by Gasteiger charge is 2.22. The number of carboxylic acids is 1. The van der Waals surface area contributed by atoms with Gasteiger partial charge in [0.15, 0.2) is 0 Å². The maximum absolute atomic E-state index is 12.4. The van der Waals surface area contributed by atoms with Crippen molar-refractivity contribution in [1.29, 1.82) is 5.26 Å². The van der Waals surface area contributed by atoms with Crippen LogP contribution in [0.4, 0.5) is 4.79 Å². The molecule has 0 fully saturated rings. The number of hydrogen-bond donors (Lipinski definition) is 3. The van der Waals surface area contributed by atoms with Crippen LogP contribution in [0.25, 0.3) is 0 Å². The quantitative estimate of drug-likeness (QED) is 0.379. The molecule has 2 aromatic carbocycles. The molecule has 1 atom stereocenters. The van der Waals surface area contributed by atoms with Crippen LogP contribution in [0.2, 0.25) is 0 Å². The van der Waals surface area contributed by atoms with Gasteiger partial charge >= 0.3 is 12.1 Å². The Morgan fingerprint density at radius 1 is 1.03 bits per heavy atom. The van der Waals surface area contributed by atoms with E-state index in [0.29, 0.717) is 24.9 Å². The molecule has 170 valence electrons. The molecule has 8 heteroatoms. The van der Waals surface area contributed by atoms with Gasteiger partial charge in [0.1, 0.15) is 12.6 Å². The average molecular weight is 447 g/mol. The van der Waals surface area contributed by atoms with E-state index in [2.05, 4.69) is 22.5 Å². The fourth-order valence-corrected chi connectivity index (χ4v) is 2.75. The minimum absolute atomic E-state index is 0.0395. The third-order valence-electron chi connectivity index (χ3n) is 4.49. The van der Waals surface area contributed by atoms with Gasteiger partial charge < -0.3 is 20.5 Å². The van der Waals surface area contributed by atoms with Gasteiger partial charge in [0.25, 0.3) is 0 Å². The molecular formula is C25H25N3O5. The first kappa shape index (κ1) is 25.0. The predicted octanol–water partition coefficient (Wildman–Crippen LogP) is 2.97. The largest absolute Gasteiger partial charge is 0.481 e. The number of carbonyl (C=O) groups excluding carboxylic acids is 2. The summed E-state index contributed by atoms with van der Waals surface area (Å²) in [6, 6.07) is 17.0. The fraction of sp³-hybridized carbons (Fsp3) is 0.280. The average Bonchev–Trinajstić information content (AvgIpc) is 2.83. The molecule has 0 saturated carbocycles. The number of unbranched alkanes of at least 4 members (excludes halogenated alkanes) is 1. The lowest BCUT2D eigenvalue weighted by atomic mass is 10.1. The highest BCUT2D eigenvalue weighted by molar-refractivity contribution is 5.86. The zero-order valence-corrected chi connectivity index (χ0v) is 18.0. The first-order valence-corrected chi connectivity index (χ1v) is 10.4. The lowest BCUT2D eigenvalue weighted by molar-refractivity contribution is -0.137. The number of carboxylic acid groups (broad SMARTS) is 1. The highest BCUT2D eigenvalue weighted by atomic mass is 16.5. The highest BCUT2D eigenvalue weighted by Crippen LogP contribution is 2.04. The van der Waals surface area contributed by atoms with Gasteiger partial charge in [-0.1, -0.05) is 42.2 Å². The first-order valence-electron chi connectivity index (χ1n) is 10.4. The molecule has 2 rings (SSSR count). The second-order valence-electron chi connectivity index (χ2n) is 7.08. The zero-order valence-electron chi connectivity index (χ0n) is 18.0. The number of rotatable bonds is 10. The van der Waals surface area contributed by atoms with Gasteiger partial charge in [-0.05, 0) is 42.7 Å². The van der Waals surface area contributed by atoms with Crippen LogP contribution < -0.4 is 10.6 Å². The van der Waals surface area contributed by atoms with Crippen LogP contribution in [0.3, 0.4) is 0 Å². The van der Waals surface area contributed by atoms with Gasteiger partial charge in [-0.2, -0.15) is 5.26 Å². The van der Waals surface area contributed by atoms with Crippen molar-refractivity contribution in [2.24, 2.45) is 0 Å². The van der Waals surface area contributed by atoms with Gasteiger partial charge in [0.05, 0.1) is 11.6 Å². The Morgan fingerprint density at radius 3 is 2.39 bits per heavy atom. The zero-order chi connectivity index (χ0) is 23.9. The molecule has 0 saturated heterocycles. The van der Waals surface area contributed by atoms with E-state index in [1.807, 2.05) is 24.3 Å². The van der Waals surface area contributed by atoms with Crippen LogP contribution in [-0.2, 0) is 20.9 Å². The molecule has 0 aliphatic heterocycles. The summed E-state index contributed by atoms with van der Waals surface area (Å²) in [7, 11) is 0. The van der Waals surface area contributed by atoms with E-state index >= 15 is 0 Å². The second kappa shape index (κ2) is 13.9. The molecule has 0 bridgehead atoms. The molecule has 0 unspecified atom stereocenters. The Hall–Kier alpha value is -4.30. The van der Waals surface area contributed by atoms with E-state index in [4.69, 9.17) is 15.1 Å². The molecule has 8 nitrogen and oxygen atoms in total. The van der Waals surface area contributed by atoms with Crippen LogP contribution in [0.5, 0.6) is 0 Å². The molecule has 0 spiro atoms. The Kier molecular flexibility index (Phi) is 10.5. The Labute approximate surface area is 192 Å². The number of nitrogens with one attached hydrogen (secondary N) is 2. The van der Waals surface area contributed by atoms with Crippen LogP contribution in [0, 0.1) is 23.2 Å². The van der Waals surface area contributed by atoms with Gasteiger partial charge in [-0.15, -0.1) is 0 Å². The molecule has 0 aliphatic rings. The molecular weight excluding hydrogens is 422 g/mol. The fourth-order valence-electron chi connectivity index (χ4n) is 2.75. The minimum Gasteiger partial charge on any atom is -0.481 e. The monoisotopic (exact) mass is 447 g/mol. The van der Waals surface area contributed by atoms with Crippen molar-refractivity contribution in [2.45, 2.75) is 38.3 Å². The topological polar surface area (TPSA) is 129 Å². The third-order valence-corrected chi connectivity index (χ3v) is 4.49. The van der Waals surface area contributed by atoms with E-state index in [0.717, 1.165) is 11.1 Å². The van der Waals surface area contributed by atoms with E-state index in [-0.39, 0.29) is 19.4 Å². The van der Waals surface area contributed by atoms with Crippen LogP contribution in [-0.4, -0.2) is 35.7 Å². The Balaban J connectivity index is 1.77. The molecule has 0 radical (unpaired) electrons. The summed E-state index contributed by atoms with van der Waals surface area (Å²) in [6.07, 6.45) is -0.00318. The SMILES string of the molecule is N#Cc1ccc(C#CCCCNC(=O)[C@@H](CCC(=O)O)NC(=O)OCc2ccccc2)cc1. The van der Waals surface area contributed by atoms with Crippen molar-refractivity contribution >= 4 is 18.0 Å². The molecule has 0 aliphatic carbocycles. The number of nitrogens with zero attached hydrogens (tertiary/aromatic N) is 1. The van der Waals surface area contributed by atoms with E-state index in [9.17, 15) is 14.4 Å². The maximum Gasteiger partial charge on any atom is 0.408 e. The number of amides is 2. The van der Waals surface area contributed by atoms with Gasteiger partial charge in [-0.25, -0.2) is 4.79 Å². The van der Waals surface area contributed by atoms with E-state index < -0.39 is 24.0 Å². The number of alkyl carbamates (subject to hydrolysis) is 1. The van der Waals surface area contributed by atoms with Crippen LogP contribution in [0.15, 0.2) is 54.6 Å². The summed E-state index contributed by atoms with van der Waals surface area (Å²) in [4.78, 5) is 35.4. The Morgan fingerprint density at radius 2 is 1.73 bits per heavy atom. The van der Waals surface area contributed by atoms with Crippen LogP contribution >= 0.6 is 0 Å². The van der Waals surface area contributed by atoms with Crippen molar-refractivity contribution in [3.63, 3.8) is 0 Å². The normalized spacial score (nSPS) is 10.6. The van der Waals surface area contributed by atoms with E-state index in [1.165, 1.54) is 0 Å². The number of aliphatic carboxylic acids is 1. The summed E-state index contributed by atoms with van der Waals surface area (Å²) in [5, 5.41) is 22.8. The van der Waals surface area contributed by atoms with Crippen molar-refractivity contribution < 1.29 is 24.2 Å². The van der Waals surface area contributed by atoms with E-state index in [1.54, 1.807) is 36.4 Å². The van der Waals surface area contributed by atoms with Crippen LogP contribution in [0.1, 0.15) is 42.4 Å². The third kappa shape index (κ3) is 10.0. The smallest absolute Gasteiger partial charge is 0.408 e. The number of nitriles is 1. The lowest BCUT2D eigenvalue weighted by Crippen LogP contribution is -2.47. The lowest BCUT2D eigenvalue weighted by Gasteiger charge is -2.17.